The molecule has 1 aliphatic carbocycles. The van der Waals surface area contributed by atoms with Gasteiger partial charge in [-0.25, -0.2) is 4.98 Å². The Morgan fingerprint density at radius 3 is 2.92 bits per heavy atom. The summed E-state index contributed by atoms with van der Waals surface area (Å²) in [7, 11) is 1.93. The SMILES string of the molecule is CNC(C)c1coc(C2CCC2)n1. The van der Waals surface area contributed by atoms with Gasteiger partial charge in [-0.3, -0.25) is 0 Å². The fourth-order valence-corrected chi connectivity index (χ4v) is 1.49. The number of oxazole rings is 1. The molecule has 2 rings (SSSR count). The zero-order valence-electron chi connectivity index (χ0n) is 8.21. The Morgan fingerprint density at radius 2 is 2.38 bits per heavy atom. The van der Waals surface area contributed by atoms with Crippen LogP contribution in [0, 0.1) is 0 Å². The Bertz CT molecular complexity index is 259. The number of rotatable bonds is 3. The third kappa shape index (κ3) is 1.61. The molecule has 0 saturated heterocycles. The fraction of sp³-hybridized carbons (Fsp3) is 0.700. The van der Waals surface area contributed by atoms with E-state index >= 15 is 0 Å². The van der Waals surface area contributed by atoms with Gasteiger partial charge in [-0.15, -0.1) is 0 Å². The minimum Gasteiger partial charge on any atom is -0.448 e. The summed E-state index contributed by atoms with van der Waals surface area (Å²) in [6, 6.07) is 0.289. The van der Waals surface area contributed by atoms with Gasteiger partial charge in [0.2, 0.25) is 0 Å². The molecule has 1 saturated carbocycles. The average molecular weight is 180 g/mol. The second-order valence-electron chi connectivity index (χ2n) is 3.75. The van der Waals surface area contributed by atoms with E-state index in [1.54, 1.807) is 6.26 Å². The Kier molecular flexibility index (Phi) is 2.36. The van der Waals surface area contributed by atoms with Crippen molar-refractivity contribution in [1.82, 2.24) is 10.3 Å². The van der Waals surface area contributed by atoms with Gasteiger partial charge in [-0.2, -0.15) is 0 Å². The van der Waals surface area contributed by atoms with Crippen LogP contribution in [-0.4, -0.2) is 12.0 Å². The van der Waals surface area contributed by atoms with Crippen molar-refractivity contribution in [2.45, 2.75) is 38.1 Å². The van der Waals surface area contributed by atoms with Gasteiger partial charge in [-0.1, -0.05) is 6.42 Å². The van der Waals surface area contributed by atoms with Gasteiger partial charge in [0, 0.05) is 12.0 Å². The van der Waals surface area contributed by atoms with Crippen LogP contribution in [0.15, 0.2) is 10.7 Å². The summed E-state index contributed by atoms with van der Waals surface area (Å²) >= 11 is 0. The third-order valence-electron chi connectivity index (χ3n) is 2.87. The smallest absolute Gasteiger partial charge is 0.197 e. The number of nitrogens with zero attached hydrogens (tertiary/aromatic N) is 1. The van der Waals surface area contributed by atoms with Gasteiger partial charge in [0.05, 0.1) is 5.69 Å². The average Bonchev–Trinajstić information content (AvgIpc) is 2.49. The molecule has 0 aliphatic heterocycles. The lowest BCUT2D eigenvalue weighted by Crippen LogP contribution is -2.13. The Morgan fingerprint density at radius 1 is 1.62 bits per heavy atom. The van der Waals surface area contributed by atoms with E-state index in [0.29, 0.717) is 5.92 Å². The minimum atomic E-state index is 0.289. The normalized spacial score (nSPS) is 19.8. The van der Waals surface area contributed by atoms with Crippen LogP contribution in [-0.2, 0) is 0 Å². The molecule has 0 aromatic carbocycles. The molecule has 1 aromatic heterocycles. The van der Waals surface area contributed by atoms with E-state index < -0.39 is 0 Å². The highest BCUT2D eigenvalue weighted by atomic mass is 16.3. The summed E-state index contributed by atoms with van der Waals surface area (Å²) in [4.78, 5) is 4.47. The first kappa shape index (κ1) is 8.75. The Balaban J connectivity index is 2.08. The molecule has 0 spiro atoms. The molecule has 72 valence electrons. The van der Waals surface area contributed by atoms with Crippen LogP contribution in [0.3, 0.4) is 0 Å². The molecule has 3 nitrogen and oxygen atoms in total. The summed E-state index contributed by atoms with van der Waals surface area (Å²) in [5.74, 6) is 1.53. The molecule has 1 fully saturated rings. The predicted molar refractivity (Wildman–Crippen MR) is 50.6 cm³/mol. The van der Waals surface area contributed by atoms with Crippen LogP contribution >= 0.6 is 0 Å². The zero-order valence-corrected chi connectivity index (χ0v) is 8.21. The molecule has 0 amide bonds. The molecule has 1 atom stereocenters. The number of nitrogens with one attached hydrogen (secondary N) is 1. The van der Waals surface area contributed by atoms with Gasteiger partial charge >= 0.3 is 0 Å². The van der Waals surface area contributed by atoms with Crippen LogP contribution in [0.25, 0.3) is 0 Å². The summed E-state index contributed by atoms with van der Waals surface area (Å²) in [6.45, 7) is 2.09. The van der Waals surface area contributed by atoms with E-state index in [0.717, 1.165) is 11.6 Å². The molecule has 3 heteroatoms. The second-order valence-corrected chi connectivity index (χ2v) is 3.75. The first-order chi connectivity index (χ1) is 6.31. The van der Waals surface area contributed by atoms with E-state index in [-0.39, 0.29) is 6.04 Å². The van der Waals surface area contributed by atoms with E-state index in [1.165, 1.54) is 19.3 Å². The number of hydrogen-bond acceptors (Lipinski definition) is 3. The number of hydrogen-bond donors (Lipinski definition) is 1. The fourth-order valence-electron chi connectivity index (χ4n) is 1.49. The molecule has 1 aromatic rings. The third-order valence-corrected chi connectivity index (χ3v) is 2.87. The monoisotopic (exact) mass is 180 g/mol. The van der Waals surface area contributed by atoms with Crippen LogP contribution in [0.4, 0.5) is 0 Å². The van der Waals surface area contributed by atoms with Gasteiger partial charge < -0.3 is 9.73 Å². The van der Waals surface area contributed by atoms with Crippen molar-refractivity contribution < 1.29 is 4.42 Å². The molecular weight excluding hydrogens is 164 g/mol. The quantitative estimate of drug-likeness (QED) is 0.775. The highest BCUT2D eigenvalue weighted by molar-refractivity contribution is 5.06. The van der Waals surface area contributed by atoms with Crippen molar-refractivity contribution in [3.63, 3.8) is 0 Å². The molecule has 0 bridgehead atoms. The largest absolute Gasteiger partial charge is 0.448 e. The first-order valence-electron chi connectivity index (χ1n) is 4.94. The van der Waals surface area contributed by atoms with Crippen LogP contribution in [0.5, 0.6) is 0 Å². The van der Waals surface area contributed by atoms with Crippen LogP contribution in [0.2, 0.25) is 0 Å². The molecule has 1 aliphatic rings. The van der Waals surface area contributed by atoms with Gasteiger partial charge in [0.25, 0.3) is 0 Å². The van der Waals surface area contributed by atoms with Crippen molar-refractivity contribution in [2.24, 2.45) is 0 Å². The van der Waals surface area contributed by atoms with E-state index in [1.807, 2.05) is 7.05 Å². The maximum atomic E-state index is 5.44. The summed E-state index contributed by atoms with van der Waals surface area (Å²) in [5.41, 5.74) is 1.02. The second kappa shape index (κ2) is 3.50. The maximum Gasteiger partial charge on any atom is 0.197 e. The zero-order chi connectivity index (χ0) is 9.26. The minimum absolute atomic E-state index is 0.289. The van der Waals surface area contributed by atoms with E-state index in [4.69, 9.17) is 4.42 Å². The molecule has 0 radical (unpaired) electrons. The topological polar surface area (TPSA) is 38.1 Å². The Hall–Kier alpha value is -0.830. The highest BCUT2D eigenvalue weighted by Crippen LogP contribution is 2.35. The number of aromatic nitrogens is 1. The summed E-state index contributed by atoms with van der Waals surface area (Å²) in [5, 5.41) is 3.15. The van der Waals surface area contributed by atoms with Crippen molar-refractivity contribution in [1.29, 1.82) is 0 Å². The summed E-state index contributed by atoms with van der Waals surface area (Å²) < 4.78 is 5.44. The maximum absolute atomic E-state index is 5.44. The van der Waals surface area contributed by atoms with Crippen molar-refractivity contribution in [2.75, 3.05) is 7.05 Å². The Labute approximate surface area is 78.5 Å². The first-order valence-corrected chi connectivity index (χ1v) is 4.94. The van der Waals surface area contributed by atoms with Crippen molar-refractivity contribution in [3.05, 3.63) is 17.8 Å². The molecule has 1 heterocycles. The van der Waals surface area contributed by atoms with Crippen molar-refractivity contribution >= 4 is 0 Å². The lowest BCUT2D eigenvalue weighted by atomic mass is 9.85. The standard InChI is InChI=1S/C10H16N2O/c1-7(11-2)9-6-13-10(12-9)8-4-3-5-8/h6-8,11H,3-5H2,1-2H3. The molecule has 13 heavy (non-hydrogen) atoms. The van der Waals surface area contributed by atoms with Crippen LogP contribution in [0.1, 0.15) is 49.7 Å². The van der Waals surface area contributed by atoms with E-state index in [2.05, 4.69) is 17.2 Å². The summed E-state index contributed by atoms with van der Waals surface area (Å²) in [6.07, 6.45) is 5.58. The molecular formula is C10H16N2O. The predicted octanol–water partition coefficient (Wildman–Crippen LogP) is 2.22. The lowest BCUT2D eigenvalue weighted by Gasteiger charge is -2.21. The molecule has 1 unspecified atom stereocenters. The van der Waals surface area contributed by atoms with Crippen molar-refractivity contribution in [3.8, 4) is 0 Å². The van der Waals surface area contributed by atoms with E-state index in [9.17, 15) is 0 Å². The lowest BCUT2D eigenvalue weighted by molar-refractivity contribution is 0.335. The molecule has 1 N–H and O–H groups in total. The van der Waals surface area contributed by atoms with Gasteiger partial charge in [0.1, 0.15) is 6.26 Å². The van der Waals surface area contributed by atoms with Gasteiger partial charge in [-0.05, 0) is 26.8 Å². The highest BCUT2D eigenvalue weighted by Gasteiger charge is 2.24. The van der Waals surface area contributed by atoms with Gasteiger partial charge in [0.15, 0.2) is 5.89 Å². The van der Waals surface area contributed by atoms with Crippen LogP contribution < -0.4 is 5.32 Å².